The smallest absolute Gasteiger partial charge is 0.182 e. The van der Waals surface area contributed by atoms with Crippen molar-refractivity contribution in [1.82, 2.24) is 4.98 Å². The highest BCUT2D eigenvalue weighted by molar-refractivity contribution is 6.08. The van der Waals surface area contributed by atoms with Crippen molar-refractivity contribution >= 4 is 33.0 Å². The van der Waals surface area contributed by atoms with E-state index >= 15 is 0 Å². The number of nitrogens with one attached hydrogen (secondary N) is 1. The first-order valence-electron chi connectivity index (χ1n) is 6.74. The lowest BCUT2D eigenvalue weighted by atomic mass is 10.0. The zero-order chi connectivity index (χ0) is 13.7. The van der Waals surface area contributed by atoms with Crippen LogP contribution in [-0.4, -0.2) is 4.98 Å². The molecule has 0 fully saturated rings. The summed E-state index contributed by atoms with van der Waals surface area (Å²) in [7, 11) is 0. The fourth-order valence-electron chi connectivity index (χ4n) is 2.88. The molecule has 0 spiro atoms. The molecule has 4 aromatic rings. The molecule has 1 N–H and O–H groups in total. The first-order chi connectivity index (χ1) is 9.78. The van der Waals surface area contributed by atoms with Crippen molar-refractivity contribution in [3.05, 3.63) is 58.3 Å². The third-order valence-electron chi connectivity index (χ3n) is 3.80. The van der Waals surface area contributed by atoms with E-state index < -0.39 is 0 Å². The van der Waals surface area contributed by atoms with E-state index in [0.717, 1.165) is 28.4 Å². The Labute approximate surface area is 114 Å². The highest BCUT2D eigenvalue weighted by Gasteiger charge is 2.13. The molecule has 0 saturated heterocycles. The quantitative estimate of drug-likeness (QED) is 0.564. The average molecular weight is 263 g/mol. The lowest BCUT2D eigenvalue weighted by Crippen LogP contribution is -1.92. The minimum atomic E-state index is -0.0286. The van der Waals surface area contributed by atoms with E-state index in [2.05, 4.69) is 24.0 Å². The van der Waals surface area contributed by atoms with Gasteiger partial charge >= 0.3 is 0 Å². The van der Waals surface area contributed by atoms with Crippen LogP contribution in [0.25, 0.3) is 33.0 Å². The molecule has 2 aromatic carbocycles. The largest absolute Gasteiger partial charge is 0.454 e. The van der Waals surface area contributed by atoms with Gasteiger partial charge in [0.25, 0.3) is 0 Å². The predicted molar refractivity (Wildman–Crippen MR) is 81.2 cm³/mol. The second-order valence-corrected chi connectivity index (χ2v) is 4.97. The average Bonchev–Trinajstić information content (AvgIpc) is 2.81. The van der Waals surface area contributed by atoms with Crippen LogP contribution >= 0.6 is 0 Å². The molecule has 98 valence electrons. The molecule has 0 radical (unpaired) electrons. The van der Waals surface area contributed by atoms with Gasteiger partial charge in [0.15, 0.2) is 11.0 Å². The van der Waals surface area contributed by atoms with E-state index in [1.165, 1.54) is 10.9 Å². The number of aryl methyl sites for hydroxylation is 1. The van der Waals surface area contributed by atoms with E-state index in [9.17, 15) is 4.79 Å². The number of H-pyrrole nitrogens is 1. The molecule has 0 aliphatic heterocycles. The Morgan fingerprint density at radius 2 is 1.95 bits per heavy atom. The zero-order valence-electron chi connectivity index (χ0n) is 11.1. The summed E-state index contributed by atoms with van der Waals surface area (Å²) in [6.07, 6.45) is 0.885. The van der Waals surface area contributed by atoms with Crippen LogP contribution in [0.4, 0.5) is 0 Å². The maximum absolute atomic E-state index is 11.5. The van der Waals surface area contributed by atoms with Gasteiger partial charge in [0, 0.05) is 27.9 Å². The van der Waals surface area contributed by atoms with Gasteiger partial charge in [0.1, 0.15) is 5.58 Å². The van der Waals surface area contributed by atoms with Gasteiger partial charge < -0.3 is 9.40 Å². The topological polar surface area (TPSA) is 46.0 Å². The third-order valence-corrected chi connectivity index (χ3v) is 3.80. The maximum atomic E-state index is 11.5. The number of aromatic amines is 1. The summed E-state index contributed by atoms with van der Waals surface area (Å²) in [6, 6.07) is 13.2. The van der Waals surface area contributed by atoms with E-state index in [1.54, 1.807) is 12.1 Å². The van der Waals surface area contributed by atoms with E-state index in [0.29, 0.717) is 5.58 Å². The monoisotopic (exact) mass is 263 g/mol. The summed E-state index contributed by atoms with van der Waals surface area (Å²) in [5.74, 6) is 0. The number of furan rings is 1. The number of fused-ring (bicyclic) bond motifs is 4. The SMILES string of the molecule is CCc1c2ccccc2[nH]c2c1oc1cc(=O)ccc12. The lowest BCUT2D eigenvalue weighted by Gasteiger charge is -2.05. The van der Waals surface area contributed by atoms with Crippen molar-refractivity contribution in [2.75, 3.05) is 0 Å². The number of aromatic nitrogens is 1. The predicted octanol–water partition coefficient (Wildman–Crippen LogP) is 3.99. The summed E-state index contributed by atoms with van der Waals surface area (Å²) in [5.41, 5.74) is 4.71. The number of para-hydroxylation sites is 1. The number of pyridine rings is 1. The van der Waals surface area contributed by atoms with Crippen molar-refractivity contribution in [2.45, 2.75) is 13.3 Å². The van der Waals surface area contributed by atoms with Crippen LogP contribution in [0.3, 0.4) is 0 Å². The number of rotatable bonds is 1. The number of benzene rings is 2. The lowest BCUT2D eigenvalue weighted by molar-refractivity contribution is 0.663. The van der Waals surface area contributed by atoms with Crippen molar-refractivity contribution < 1.29 is 4.42 Å². The van der Waals surface area contributed by atoms with Gasteiger partial charge in [-0.2, -0.15) is 0 Å². The molecular weight excluding hydrogens is 250 g/mol. The van der Waals surface area contributed by atoms with Crippen molar-refractivity contribution in [2.24, 2.45) is 0 Å². The molecule has 2 heterocycles. The summed E-state index contributed by atoms with van der Waals surface area (Å²) in [6.45, 7) is 2.12. The minimum Gasteiger partial charge on any atom is -0.454 e. The zero-order valence-corrected chi connectivity index (χ0v) is 11.1. The highest BCUT2D eigenvalue weighted by Crippen LogP contribution is 2.33. The third kappa shape index (κ3) is 1.43. The molecule has 3 nitrogen and oxygen atoms in total. The second-order valence-electron chi connectivity index (χ2n) is 4.97. The standard InChI is InChI=1S/C17H13NO2/c1-2-11-12-5-3-4-6-14(12)18-16-13-8-7-10(19)9-15(13)20-17(11)16/h3-9,18H,2H2,1H3. The Bertz CT molecular complexity index is 1010. The normalized spacial score (nSPS) is 11.7. The van der Waals surface area contributed by atoms with Gasteiger partial charge in [-0.1, -0.05) is 25.1 Å². The number of hydrogen-bond acceptors (Lipinski definition) is 2. The Hall–Kier alpha value is -2.55. The molecule has 0 aliphatic carbocycles. The Morgan fingerprint density at radius 1 is 1.10 bits per heavy atom. The molecule has 0 saturated carbocycles. The van der Waals surface area contributed by atoms with Crippen molar-refractivity contribution in [3.8, 4) is 0 Å². The molecule has 0 aliphatic rings. The summed E-state index contributed by atoms with van der Waals surface area (Å²) in [5, 5.41) is 2.13. The van der Waals surface area contributed by atoms with Crippen LogP contribution in [0, 0.1) is 0 Å². The Morgan fingerprint density at radius 3 is 2.80 bits per heavy atom. The van der Waals surface area contributed by atoms with Crippen molar-refractivity contribution in [3.63, 3.8) is 0 Å². The van der Waals surface area contributed by atoms with Gasteiger partial charge in [-0.25, -0.2) is 0 Å². The number of hydrogen-bond donors (Lipinski definition) is 1. The molecule has 2 aromatic heterocycles. The summed E-state index contributed by atoms with van der Waals surface area (Å²) in [4.78, 5) is 14.9. The molecule has 20 heavy (non-hydrogen) atoms. The maximum Gasteiger partial charge on any atom is 0.182 e. The Balaban J connectivity index is 2.30. The summed E-state index contributed by atoms with van der Waals surface area (Å²) >= 11 is 0. The molecule has 0 atom stereocenters. The minimum absolute atomic E-state index is 0.0286. The molecule has 0 amide bonds. The van der Waals surface area contributed by atoms with E-state index in [4.69, 9.17) is 4.42 Å². The molecule has 4 rings (SSSR count). The van der Waals surface area contributed by atoms with Gasteiger partial charge in [0.2, 0.25) is 0 Å². The van der Waals surface area contributed by atoms with Gasteiger partial charge in [-0.15, -0.1) is 0 Å². The first kappa shape index (κ1) is 11.3. The van der Waals surface area contributed by atoms with Crippen LogP contribution in [0.1, 0.15) is 12.5 Å². The first-order valence-corrected chi connectivity index (χ1v) is 6.74. The second kappa shape index (κ2) is 3.97. The van der Waals surface area contributed by atoms with Crippen LogP contribution < -0.4 is 5.43 Å². The van der Waals surface area contributed by atoms with Gasteiger partial charge in [-0.3, -0.25) is 4.79 Å². The van der Waals surface area contributed by atoms with Crippen LogP contribution in [0.15, 0.2) is 51.7 Å². The van der Waals surface area contributed by atoms with E-state index in [1.807, 2.05) is 18.2 Å². The fourth-order valence-corrected chi connectivity index (χ4v) is 2.88. The Kier molecular flexibility index (Phi) is 2.24. The van der Waals surface area contributed by atoms with Gasteiger partial charge in [-0.05, 0) is 24.6 Å². The highest BCUT2D eigenvalue weighted by atomic mass is 16.3. The molecular formula is C17H13NO2. The van der Waals surface area contributed by atoms with Crippen LogP contribution in [0.2, 0.25) is 0 Å². The molecule has 3 heteroatoms. The molecule has 0 unspecified atom stereocenters. The molecule has 0 bridgehead atoms. The van der Waals surface area contributed by atoms with Gasteiger partial charge in [0.05, 0.1) is 5.52 Å². The van der Waals surface area contributed by atoms with Crippen LogP contribution in [0.5, 0.6) is 0 Å². The van der Waals surface area contributed by atoms with Crippen LogP contribution in [-0.2, 0) is 6.42 Å². The fraction of sp³-hybridized carbons (Fsp3) is 0.118. The summed E-state index contributed by atoms with van der Waals surface area (Å²) < 4.78 is 5.93. The van der Waals surface area contributed by atoms with E-state index in [-0.39, 0.29) is 5.43 Å². The van der Waals surface area contributed by atoms with Crippen molar-refractivity contribution in [1.29, 1.82) is 0 Å².